The lowest BCUT2D eigenvalue weighted by Gasteiger charge is -2.02. The number of hydrogen-bond donors (Lipinski definition) is 1. The van der Waals surface area contributed by atoms with Gasteiger partial charge in [0.25, 0.3) is 0 Å². The molecule has 0 bridgehead atoms. The van der Waals surface area contributed by atoms with E-state index in [4.69, 9.17) is 16.3 Å². The number of hydrogen-bond acceptors (Lipinski definition) is 4. The molecule has 0 aliphatic carbocycles. The van der Waals surface area contributed by atoms with E-state index in [9.17, 15) is 4.79 Å². The zero-order chi connectivity index (χ0) is 14.8. The molecule has 0 aliphatic rings. The normalized spacial score (nSPS) is 10.8. The van der Waals surface area contributed by atoms with Crippen molar-refractivity contribution in [1.29, 1.82) is 0 Å². The van der Waals surface area contributed by atoms with Crippen LogP contribution in [0, 0.1) is 0 Å². The van der Waals surface area contributed by atoms with Gasteiger partial charge in [-0.25, -0.2) is 4.98 Å². The molecule has 21 heavy (non-hydrogen) atoms. The highest BCUT2D eigenvalue weighted by molar-refractivity contribution is 7.99. The fraction of sp³-hybridized carbons (Fsp3) is 0.0667. The van der Waals surface area contributed by atoms with Crippen LogP contribution < -0.4 is 4.74 Å². The third-order valence-corrected chi connectivity index (χ3v) is 4.17. The molecule has 106 valence electrons. The molecular formula is C15H11ClN2O2S. The van der Waals surface area contributed by atoms with Crippen LogP contribution in [-0.2, 0) is 0 Å². The predicted molar refractivity (Wildman–Crippen MR) is 83.6 cm³/mol. The number of aromatic amines is 1. The van der Waals surface area contributed by atoms with Crippen LogP contribution in [0.1, 0.15) is 10.4 Å². The Kier molecular flexibility index (Phi) is 3.86. The van der Waals surface area contributed by atoms with Crippen LogP contribution in [0.25, 0.3) is 11.0 Å². The highest BCUT2D eigenvalue weighted by Crippen LogP contribution is 2.32. The number of halogens is 1. The number of aldehydes is 1. The second kappa shape index (κ2) is 5.79. The Morgan fingerprint density at radius 1 is 1.29 bits per heavy atom. The first-order valence-electron chi connectivity index (χ1n) is 6.16. The fourth-order valence-corrected chi connectivity index (χ4v) is 3.11. The van der Waals surface area contributed by atoms with Crippen molar-refractivity contribution in [3.05, 3.63) is 47.0 Å². The van der Waals surface area contributed by atoms with Gasteiger partial charge in [-0.3, -0.25) is 4.79 Å². The van der Waals surface area contributed by atoms with Crippen molar-refractivity contribution in [3.8, 4) is 5.75 Å². The van der Waals surface area contributed by atoms with E-state index < -0.39 is 0 Å². The molecule has 0 saturated carbocycles. The van der Waals surface area contributed by atoms with Gasteiger partial charge in [0.05, 0.1) is 18.1 Å². The van der Waals surface area contributed by atoms with Crippen LogP contribution in [-0.4, -0.2) is 23.4 Å². The molecule has 1 heterocycles. The van der Waals surface area contributed by atoms with Gasteiger partial charge >= 0.3 is 0 Å². The van der Waals surface area contributed by atoms with Crippen molar-refractivity contribution in [1.82, 2.24) is 9.97 Å². The SMILES string of the molecule is COc1ccc2nc(Sc3cc(Cl)ccc3C=O)[nH]c2c1. The molecule has 0 radical (unpaired) electrons. The summed E-state index contributed by atoms with van der Waals surface area (Å²) in [6, 6.07) is 10.8. The fourth-order valence-electron chi connectivity index (χ4n) is 1.94. The van der Waals surface area contributed by atoms with E-state index in [1.807, 2.05) is 18.2 Å². The van der Waals surface area contributed by atoms with Gasteiger partial charge in [0, 0.05) is 21.5 Å². The van der Waals surface area contributed by atoms with Crippen molar-refractivity contribution < 1.29 is 9.53 Å². The van der Waals surface area contributed by atoms with E-state index >= 15 is 0 Å². The number of H-pyrrole nitrogens is 1. The molecule has 0 amide bonds. The number of aromatic nitrogens is 2. The molecule has 1 N–H and O–H groups in total. The maximum absolute atomic E-state index is 11.1. The zero-order valence-corrected chi connectivity index (χ0v) is 12.7. The molecule has 0 atom stereocenters. The van der Waals surface area contributed by atoms with E-state index in [0.29, 0.717) is 15.7 Å². The average molecular weight is 319 g/mol. The first-order valence-corrected chi connectivity index (χ1v) is 7.35. The quantitative estimate of drug-likeness (QED) is 0.733. The Labute approximate surface area is 130 Å². The van der Waals surface area contributed by atoms with Gasteiger partial charge in [-0.15, -0.1) is 0 Å². The maximum Gasteiger partial charge on any atom is 0.171 e. The summed E-state index contributed by atoms with van der Waals surface area (Å²) >= 11 is 7.35. The second-order valence-electron chi connectivity index (χ2n) is 4.33. The van der Waals surface area contributed by atoms with Crippen LogP contribution in [0.3, 0.4) is 0 Å². The number of methoxy groups -OCH3 is 1. The molecule has 6 heteroatoms. The molecule has 0 unspecified atom stereocenters. The number of nitrogens with zero attached hydrogens (tertiary/aromatic N) is 1. The van der Waals surface area contributed by atoms with Crippen LogP contribution in [0.2, 0.25) is 5.02 Å². The van der Waals surface area contributed by atoms with Gasteiger partial charge in [0.2, 0.25) is 0 Å². The third kappa shape index (κ3) is 2.89. The van der Waals surface area contributed by atoms with Gasteiger partial charge in [-0.2, -0.15) is 0 Å². The summed E-state index contributed by atoms with van der Waals surface area (Å²) < 4.78 is 5.18. The monoisotopic (exact) mass is 318 g/mol. The summed E-state index contributed by atoms with van der Waals surface area (Å²) in [4.78, 5) is 19.5. The molecule has 4 nitrogen and oxygen atoms in total. The van der Waals surface area contributed by atoms with E-state index in [2.05, 4.69) is 9.97 Å². The van der Waals surface area contributed by atoms with Crippen molar-refractivity contribution in [2.45, 2.75) is 10.1 Å². The molecule has 2 aromatic carbocycles. The van der Waals surface area contributed by atoms with Crippen molar-refractivity contribution in [3.63, 3.8) is 0 Å². The molecule has 3 rings (SSSR count). The van der Waals surface area contributed by atoms with E-state index in [1.54, 1.807) is 25.3 Å². The van der Waals surface area contributed by atoms with E-state index in [1.165, 1.54) is 11.8 Å². The molecule has 0 saturated heterocycles. The Morgan fingerprint density at radius 3 is 2.90 bits per heavy atom. The summed E-state index contributed by atoms with van der Waals surface area (Å²) in [6.45, 7) is 0. The van der Waals surface area contributed by atoms with Gasteiger partial charge in [-0.05, 0) is 30.3 Å². The summed E-state index contributed by atoms with van der Waals surface area (Å²) in [5.41, 5.74) is 2.31. The van der Waals surface area contributed by atoms with Crippen LogP contribution in [0.5, 0.6) is 5.75 Å². The lowest BCUT2D eigenvalue weighted by molar-refractivity contribution is 0.112. The topological polar surface area (TPSA) is 55.0 Å². The molecule has 0 spiro atoms. The summed E-state index contributed by atoms with van der Waals surface area (Å²) in [7, 11) is 1.62. The van der Waals surface area contributed by atoms with Gasteiger partial charge < -0.3 is 9.72 Å². The first-order chi connectivity index (χ1) is 10.2. The Balaban J connectivity index is 1.98. The van der Waals surface area contributed by atoms with Gasteiger partial charge in [-0.1, -0.05) is 23.4 Å². The smallest absolute Gasteiger partial charge is 0.171 e. The highest BCUT2D eigenvalue weighted by atomic mass is 35.5. The molecular weight excluding hydrogens is 308 g/mol. The third-order valence-electron chi connectivity index (χ3n) is 2.98. The summed E-state index contributed by atoms with van der Waals surface area (Å²) in [5, 5.41) is 1.28. The van der Waals surface area contributed by atoms with Gasteiger partial charge in [0.1, 0.15) is 5.75 Å². The van der Waals surface area contributed by atoms with Gasteiger partial charge in [0.15, 0.2) is 11.4 Å². The molecule has 3 aromatic rings. The Morgan fingerprint density at radius 2 is 2.14 bits per heavy atom. The number of benzene rings is 2. The largest absolute Gasteiger partial charge is 0.497 e. The predicted octanol–water partition coefficient (Wildman–Crippen LogP) is 4.19. The lowest BCUT2D eigenvalue weighted by Crippen LogP contribution is -1.85. The standard InChI is InChI=1S/C15H11ClN2O2S/c1-20-11-4-5-12-13(7-11)18-15(17-12)21-14-6-10(16)3-2-9(14)8-19/h2-8H,1H3,(H,17,18). The molecule has 0 fully saturated rings. The zero-order valence-electron chi connectivity index (χ0n) is 11.1. The lowest BCUT2D eigenvalue weighted by atomic mass is 10.2. The number of carbonyl (C=O) groups is 1. The minimum atomic E-state index is 0.584. The minimum absolute atomic E-state index is 0.584. The number of carbonyl (C=O) groups excluding carboxylic acids is 1. The van der Waals surface area contributed by atoms with Crippen molar-refractivity contribution in [2.24, 2.45) is 0 Å². The number of imidazole rings is 1. The van der Waals surface area contributed by atoms with Crippen molar-refractivity contribution in [2.75, 3.05) is 7.11 Å². The number of ether oxygens (including phenoxy) is 1. The van der Waals surface area contributed by atoms with E-state index in [0.717, 1.165) is 28.0 Å². The first kappa shape index (κ1) is 14.0. The summed E-state index contributed by atoms with van der Waals surface area (Å²) in [6.07, 6.45) is 0.810. The Hall–Kier alpha value is -1.98. The average Bonchev–Trinajstić information content (AvgIpc) is 2.88. The van der Waals surface area contributed by atoms with E-state index in [-0.39, 0.29) is 0 Å². The number of fused-ring (bicyclic) bond motifs is 1. The van der Waals surface area contributed by atoms with Crippen LogP contribution >= 0.6 is 23.4 Å². The van der Waals surface area contributed by atoms with Crippen LogP contribution in [0.15, 0.2) is 46.5 Å². The number of nitrogens with one attached hydrogen (secondary N) is 1. The molecule has 0 aliphatic heterocycles. The van der Waals surface area contributed by atoms with Crippen molar-refractivity contribution >= 4 is 40.7 Å². The number of rotatable bonds is 4. The molecule has 1 aromatic heterocycles. The minimum Gasteiger partial charge on any atom is -0.497 e. The summed E-state index contributed by atoms with van der Waals surface area (Å²) in [5.74, 6) is 0.763. The Bertz CT molecular complexity index is 817. The second-order valence-corrected chi connectivity index (χ2v) is 5.79. The highest BCUT2D eigenvalue weighted by Gasteiger charge is 2.09. The van der Waals surface area contributed by atoms with Crippen LogP contribution in [0.4, 0.5) is 0 Å². The maximum atomic E-state index is 11.1.